The number of hydrogen-bond donors (Lipinski definition) is 0. The second-order valence-electron chi connectivity index (χ2n) is 6.34. The number of halogens is 3. The molecule has 2 rings (SSSR count). The van der Waals surface area contributed by atoms with Gasteiger partial charge in [-0.25, -0.2) is 4.98 Å². The molecule has 0 radical (unpaired) electrons. The summed E-state index contributed by atoms with van der Waals surface area (Å²) in [6, 6.07) is 5.19. The molecule has 0 amide bonds. The van der Waals surface area contributed by atoms with Crippen LogP contribution in [0.4, 0.5) is 13.2 Å². The molecule has 1 nitrogen and oxygen atoms in total. The molecule has 1 aromatic carbocycles. The van der Waals surface area contributed by atoms with Gasteiger partial charge in [0.05, 0.1) is 11.3 Å². The highest BCUT2D eigenvalue weighted by Crippen LogP contribution is 2.34. The second-order valence-corrected chi connectivity index (χ2v) is 7.42. The van der Waals surface area contributed by atoms with Gasteiger partial charge in [-0.05, 0) is 30.9 Å². The van der Waals surface area contributed by atoms with Crippen molar-refractivity contribution in [1.82, 2.24) is 4.98 Å². The molecule has 1 heterocycles. The van der Waals surface area contributed by atoms with Gasteiger partial charge in [0.15, 0.2) is 0 Å². The van der Waals surface area contributed by atoms with Gasteiger partial charge in [-0.1, -0.05) is 32.9 Å². The zero-order chi connectivity index (χ0) is 15.8. The van der Waals surface area contributed by atoms with Crippen molar-refractivity contribution in [3.63, 3.8) is 0 Å². The summed E-state index contributed by atoms with van der Waals surface area (Å²) in [6.07, 6.45) is -3.38. The van der Waals surface area contributed by atoms with Crippen molar-refractivity contribution in [1.29, 1.82) is 0 Å². The minimum absolute atomic E-state index is 0.161. The molecule has 0 N–H and O–H groups in total. The molecule has 5 heteroatoms. The molecular formula is C16H18F3NS. The van der Waals surface area contributed by atoms with Gasteiger partial charge in [-0.2, -0.15) is 13.2 Å². The van der Waals surface area contributed by atoms with Crippen molar-refractivity contribution in [2.45, 2.75) is 40.3 Å². The highest BCUT2D eigenvalue weighted by Gasteiger charge is 2.30. The van der Waals surface area contributed by atoms with Crippen molar-refractivity contribution < 1.29 is 13.2 Å². The molecule has 1 aromatic heterocycles. The average Bonchev–Trinajstić information content (AvgIpc) is 2.68. The van der Waals surface area contributed by atoms with E-state index in [0.717, 1.165) is 34.8 Å². The Balaban J connectivity index is 2.29. The number of alkyl halides is 3. The maximum absolute atomic E-state index is 12.6. The van der Waals surface area contributed by atoms with Crippen LogP contribution in [-0.4, -0.2) is 4.98 Å². The van der Waals surface area contributed by atoms with Crippen LogP contribution < -0.4 is 0 Å². The Kier molecular flexibility index (Phi) is 4.15. The van der Waals surface area contributed by atoms with Gasteiger partial charge in [0.2, 0.25) is 0 Å². The topological polar surface area (TPSA) is 12.9 Å². The van der Waals surface area contributed by atoms with Gasteiger partial charge in [0.1, 0.15) is 5.01 Å². The first kappa shape index (κ1) is 16.0. The van der Waals surface area contributed by atoms with Crippen LogP contribution in [0, 0.1) is 12.3 Å². The number of aromatic nitrogens is 1. The normalized spacial score (nSPS) is 12.7. The third kappa shape index (κ3) is 4.06. The van der Waals surface area contributed by atoms with Crippen molar-refractivity contribution >= 4 is 11.3 Å². The van der Waals surface area contributed by atoms with Crippen LogP contribution in [-0.2, 0) is 12.6 Å². The quantitative estimate of drug-likeness (QED) is 0.690. The predicted molar refractivity (Wildman–Crippen MR) is 80.4 cm³/mol. The first-order chi connectivity index (χ1) is 9.56. The van der Waals surface area contributed by atoms with Gasteiger partial charge in [-0.15, -0.1) is 11.3 Å². The molecular weight excluding hydrogens is 295 g/mol. The van der Waals surface area contributed by atoms with E-state index < -0.39 is 11.7 Å². The summed E-state index contributed by atoms with van der Waals surface area (Å²) < 4.78 is 37.7. The Morgan fingerprint density at radius 3 is 2.10 bits per heavy atom. The number of rotatable bonds is 2. The van der Waals surface area contributed by atoms with Gasteiger partial charge in [0, 0.05) is 10.4 Å². The van der Waals surface area contributed by atoms with E-state index in [1.54, 1.807) is 11.3 Å². The third-order valence-corrected chi connectivity index (χ3v) is 4.25. The molecule has 21 heavy (non-hydrogen) atoms. The van der Waals surface area contributed by atoms with Crippen LogP contribution in [0.25, 0.3) is 10.6 Å². The smallest absolute Gasteiger partial charge is 0.241 e. The molecule has 114 valence electrons. The summed E-state index contributed by atoms with van der Waals surface area (Å²) >= 11 is 1.56. The Morgan fingerprint density at radius 2 is 1.62 bits per heavy atom. The monoisotopic (exact) mass is 313 g/mol. The van der Waals surface area contributed by atoms with E-state index in [0.29, 0.717) is 0 Å². The van der Waals surface area contributed by atoms with Crippen LogP contribution in [0.5, 0.6) is 0 Å². The molecule has 0 fully saturated rings. The van der Waals surface area contributed by atoms with E-state index in [-0.39, 0.29) is 5.41 Å². The van der Waals surface area contributed by atoms with Crippen LogP contribution in [0.1, 0.15) is 36.9 Å². The van der Waals surface area contributed by atoms with Crippen molar-refractivity contribution in [2.24, 2.45) is 5.41 Å². The van der Waals surface area contributed by atoms with E-state index in [4.69, 9.17) is 0 Å². The van der Waals surface area contributed by atoms with Crippen LogP contribution in [0.15, 0.2) is 24.3 Å². The summed E-state index contributed by atoms with van der Waals surface area (Å²) in [5.74, 6) is 0. The molecule has 0 saturated carbocycles. The summed E-state index contributed by atoms with van der Waals surface area (Å²) in [7, 11) is 0. The van der Waals surface area contributed by atoms with E-state index in [2.05, 4.69) is 25.8 Å². The summed E-state index contributed by atoms with van der Waals surface area (Å²) in [5, 5.41) is 0.778. The molecule has 0 bridgehead atoms. The number of thiazole rings is 1. The predicted octanol–water partition coefficient (Wildman–Crippen LogP) is 5.73. The Bertz CT molecular complexity index is 618. The molecule has 0 aliphatic carbocycles. The molecule has 0 spiro atoms. The van der Waals surface area contributed by atoms with E-state index in [1.807, 2.05) is 6.92 Å². The van der Waals surface area contributed by atoms with Crippen molar-refractivity contribution in [3.05, 3.63) is 40.4 Å². The van der Waals surface area contributed by atoms with Gasteiger partial charge in [-0.3, -0.25) is 0 Å². The minimum atomic E-state index is -4.30. The molecule has 0 saturated heterocycles. The molecule has 0 aliphatic heterocycles. The first-order valence-electron chi connectivity index (χ1n) is 6.70. The standard InChI is InChI=1S/C16H18F3NS/c1-10-13(9-15(2,3)4)21-14(20-10)11-5-7-12(8-6-11)16(17,18)19/h5-8H,9H2,1-4H3. The number of aryl methyl sites for hydroxylation is 1. The summed E-state index contributed by atoms with van der Waals surface area (Å²) in [6.45, 7) is 8.42. The molecule has 0 atom stereocenters. The van der Waals surface area contributed by atoms with Crippen molar-refractivity contribution in [3.8, 4) is 10.6 Å². The second kappa shape index (κ2) is 5.44. The maximum atomic E-state index is 12.6. The highest BCUT2D eigenvalue weighted by molar-refractivity contribution is 7.15. The first-order valence-corrected chi connectivity index (χ1v) is 7.52. The maximum Gasteiger partial charge on any atom is 0.416 e. The fourth-order valence-corrected chi connectivity index (χ4v) is 3.37. The van der Waals surface area contributed by atoms with Crippen LogP contribution >= 0.6 is 11.3 Å². The zero-order valence-corrected chi connectivity index (χ0v) is 13.3. The largest absolute Gasteiger partial charge is 0.416 e. The van der Waals surface area contributed by atoms with Gasteiger partial charge in [0.25, 0.3) is 0 Å². The lowest BCUT2D eigenvalue weighted by Gasteiger charge is -2.16. The van der Waals surface area contributed by atoms with Crippen LogP contribution in [0.2, 0.25) is 0 Å². The fourth-order valence-electron chi connectivity index (χ4n) is 2.00. The van der Waals surface area contributed by atoms with E-state index in [1.165, 1.54) is 17.0 Å². The number of hydrogen-bond acceptors (Lipinski definition) is 2. The van der Waals surface area contributed by atoms with E-state index in [9.17, 15) is 13.2 Å². The third-order valence-electron chi connectivity index (χ3n) is 3.04. The zero-order valence-electron chi connectivity index (χ0n) is 12.5. The lowest BCUT2D eigenvalue weighted by molar-refractivity contribution is -0.137. The molecule has 0 unspecified atom stereocenters. The molecule has 0 aliphatic rings. The average molecular weight is 313 g/mol. The molecule has 2 aromatic rings. The Labute approximate surface area is 126 Å². The van der Waals surface area contributed by atoms with E-state index >= 15 is 0 Å². The van der Waals surface area contributed by atoms with Gasteiger partial charge < -0.3 is 0 Å². The van der Waals surface area contributed by atoms with Gasteiger partial charge >= 0.3 is 6.18 Å². The number of nitrogens with zero attached hydrogens (tertiary/aromatic N) is 1. The highest BCUT2D eigenvalue weighted by atomic mass is 32.1. The Morgan fingerprint density at radius 1 is 1.05 bits per heavy atom. The number of benzene rings is 1. The fraction of sp³-hybridized carbons (Fsp3) is 0.438. The summed E-state index contributed by atoms with van der Waals surface area (Å²) in [5.41, 5.74) is 1.23. The summed E-state index contributed by atoms with van der Waals surface area (Å²) in [4.78, 5) is 5.69. The Hall–Kier alpha value is -1.36. The van der Waals surface area contributed by atoms with Crippen molar-refractivity contribution in [2.75, 3.05) is 0 Å². The lowest BCUT2D eigenvalue weighted by Crippen LogP contribution is -2.08. The SMILES string of the molecule is Cc1nc(-c2ccc(C(F)(F)F)cc2)sc1CC(C)(C)C. The minimum Gasteiger partial charge on any atom is -0.241 e. The lowest BCUT2D eigenvalue weighted by atomic mass is 9.91. The van der Waals surface area contributed by atoms with Crippen LogP contribution in [0.3, 0.4) is 0 Å².